The summed E-state index contributed by atoms with van der Waals surface area (Å²) in [5.74, 6) is -0.0358. The lowest BCUT2D eigenvalue weighted by atomic mass is 9.94. The van der Waals surface area contributed by atoms with Gasteiger partial charge in [0.25, 0.3) is 10.1 Å². The second-order valence-electron chi connectivity index (χ2n) is 5.90. The van der Waals surface area contributed by atoms with Crippen molar-refractivity contribution in [3.63, 3.8) is 0 Å². The maximum absolute atomic E-state index is 12.2. The highest BCUT2D eigenvalue weighted by molar-refractivity contribution is 8.00. The van der Waals surface area contributed by atoms with Crippen molar-refractivity contribution in [2.24, 2.45) is 0 Å². The molecule has 9 heteroatoms. The van der Waals surface area contributed by atoms with Gasteiger partial charge in [0.2, 0.25) is 11.8 Å². The molecule has 1 aromatic rings. The van der Waals surface area contributed by atoms with E-state index < -0.39 is 10.1 Å². The lowest BCUT2D eigenvalue weighted by Crippen LogP contribution is -2.27. The number of fused-ring (bicyclic) bond motifs is 1. The number of amides is 2. The van der Waals surface area contributed by atoms with Crippen LogP contribution in [0.3, 0.4) is 0 Å². The van der Waals surface area contributed by atoms with E-state index in [1.807, 2.05) is 18.2 Å². The smallest absolute Gasteiger partial charge is 0.264 e. The number of benzene rings is 1. The summed E-state index contributed by atoms with van der Waals surface area (Å²) in [4.78, 5) is 24.7. The summed E-state index contributed by atoms with van der Waals surface area (Å²) in [6, 6.07) is 5.55. The lowest BCUT2D eigenvalue weighted by Gasteiger charge is -2.18. The number of carbonyl (C=O) groups is 2. The van der Waals surface area contributed by atoms with E-state index in [0.29, 0.717) is 18.6 Å². The molecule has 2 aliphatic rings. The van der Waals surface area contributed by atoms with Crippen LogP contribution in [0.4, 0.5) is 5.69 Å². The van der Waals surface area contributed by atoms with Crippen molar-refractivity contribution >= 4 is 39.4 Å². The van der Waals surface area contributed by atoms with Crippen molar-refractivity contribution < 1.29 is 22.2 Å². The predicted molar refractivity (Wildman–Crippen MR) is 90.5 cm³/mol. The molecule has 2 atom stereocenters. The second kappa shape index (κ2) is 6.73. The molecule has 2 aliphatic heterocycles. The van der Waals surface area contributed by atoms with Crippen LogP contribution in [-0.2, 0) is 23.9 Å². The molecule has 24 heavy (non-hydrogen) atoms. The summed E-state index contributed by atoms with van der Waals surface area (Å²) in [5, 5.41) is 5.69. The monoisotopic (exact) mass is 370 g/mol. The summed E-state index contributed by atoms with van der Waals surface area (Å²) >= 11 is 1.48. The van der Waals surface area contributed by atoms with Crippen LogP contribution in [0.2, 0.25) is 0 Å². The Balaban J connectivity index is 1.66. The van der Waals surface area contributed by atoms with Crippen LogP contribution >= 0.6 is 11.8 Å². The molecule has 0 spiro atoms. The molecule has 0 bridgehead atoms. The van der Waals surface area contributed by atoms with Gasteiger partial charge in [-0.15, -0.1) is 11.8 Å². The molecule has 1 aromatic carbocycles. The number of rotatable bonds is 5. The third-order valence-corrected chi connectivity index (χ3v) is 5.65. The Morgan fingerprint density at radius 3 is 2.88 bits per heavy atom. The molecule has 2 amide bonds. The number of thioether (sulfide) groups is 1. The zero-order valence-electron chi connectivity index (χ0n) is 13.1. The number of carbonyl (C=O) groups excluding carboxylic acids is 2. The normalized spacial score (nSPS) is 23.5. The van der Waals surface area contributed by atoms with Crippen LogP contribution < -0.4 is 10.6 Å². The first-order chi connectivity index (χ1) is 11.3. The zero-order valence-corrected chi connectivity index (χ0v) is 14.7. The average Bonchev–Trinajstić information content (AvgIpc) is 2.86. The quantitative estimate of drug-likeness (QED) is 0.752. The average molecular weight is 370 g/mol. The van der Waals surface area contributed by atoms with Gasteiger partial charge in [0.15, 0.2) is 0 Å². The van der Waals surface area contributed by atoms with Gasteiger partial charge in [-0.2, -0.15) is 8.42 Å². The Morgan fingerprint density at radius 1 is 1.33 bits per heavy atom. The fourth-order valence-corrected chi connectivity index (χ4v) is 4.08. The van der Waals surface area contributed by atoms with Crippen molar-refractivity contribution in [2.45, 2.75) is 29.7 Å². The van der Waals surface area contributed by atoms with Crippen molar-refractivity contribution in [2.75, 3.05) is 23.9 Å². The molecule has 0 aromatic heterocycles. The van der Waals surface area contributed by atoms with E-state index in [1.54, 1.807) is 0 Å². The van der Waals surface area contributed by atoms with Gasteiger partial charge < -0.3 is 10.6 Å². The molecule has 130 valence electrons. The molecule has 0 aliphatic carbocycles. The topological polar surface area (TPSA) is 102 Å². The van der Waals surface area contributed by atoms with Gasteiger partial charge in [-0.3, -0.25) is 13.8 Å². The molecular formula is C15H18N2O5S2. The van der Waals surface area contributed by atoms with Crippen molar-refractivity contribution in [3.8, 4) is 0 Å². The van der Waals surface area contributed by atoms with Crippen LogP contribution in [0.25, 0.3) is 0 Å². The Hall–Kier alpha value is -1.58. The van der Waals surface area contributed by atoms with Gasteiger partial charge >= 0.3 is 0 Å². The first-order valence-corrected chi connectivity index (χ1v) is 10.3. The molecule has 1 fully saturated rings. The van der Waals surface area contributed by atoms with Crippen molar-refractivity contribution in [1.29, 1.82) is 0 Å². The molecule has 2 unspecified atom stereocenters. The van der Waals surface area contributed by atoms with E-state index >= 15 is 0 Å². The second-order valence-corrected chi connectivity index (χ2v) is 8.56. The first-order valence-electron chi connectivity index (χ1n) is 7.53. The Labute approximate surface area is 144 Å². The van der Waals surface area contributed by atoms with Crippen molar-refractivity contribution in [3.05, 3.63) is 23.8 Å². The fourth-order valence-electron chi connectivity index (χ4n) is 2.89. The Bertz CT molecular complexity index is 778. The fraction of sp³-hybridized carbons (Fsp3) is 0.467. The highest BCUT2D eigenvalue weighted by atomic mass is 32.2. The van der Waals surface area contributed by atoms with E-state index in [2.05, 4.69) is 10.6 Å². The summed E-state index contributed by atoms with van der Waals surface area (Å²) in [5.41, 5.74) is 1.59. The van der Waals surface area contributed by atoms with Crippen LogP contribution in [0.1, 0.15) is 24.3 Å². The van der Waals surface area contributed by atoms with Gasteiger partial charge in [0.05, 0.1) is 30.2 Å². The van der Waals surface area contributed by atoms with Gasteiger partial charge in [0, 0.05) is 10.9 Å². The first kappa shape index (κ1) is 17.2. The van der Waals surface area contributed by atoms with Crippen LogP contribution in [0.15, 0.2) is 23.1 Å². The van der Waals surface area contributed by atoms with Gasteiger partial charge in [-0.05, 0) is 30.5 Å². The molecule has 0 saturated carbocycles. The van der Waals surface area contributed by atoms with Crippen LogP contribution in [-0.4, -0.2) is 44.9 Å². The van der Waals surface area contributed by atoms with E-state index in [4.69, 9.17) is 4.18 Å². The molecular weight excluding hydrogens is 352 g/mol. The highest BCUT2D eigenvalue weighted by Gasteiger charge is 2.33. The number of hydrogen-bond donors (Lipinski definition) is 2. The molecule has 0 radical (unpaired) electrons. The minimum atomic E-state index is -3.47. The number of hydrogen-bond acceptors (Lipinski definition) is 6. The summed E-state index contributed by atoms with van der Waals surface area (Å²) < 4.78 is 26.7. The molecule has 3 rings (SSSR count). The largest absolute Gasteiger partial charge is 0.353 e. The van der Waals surface area contributed by atoms with Crippen LogP contribution in [0.5, 0.6) is 0 Å². The van der Waals surface area contributed by atoms with Gasteiger partial charge in [0.1, 0.15) is 0 Å². The highest BCUT2D eigenvalue weighted by Crippen LogP contribution is 2.36. The lowest BCUT2D eigenvalue weighted by molar-refractivity contribution is -0.120. The third kappa shape index (κ3) is 4.08. The number of nitrogens with one attached hydrogen (secondary N) is 2. The summed E-state index contributed by atoms with van der Waals surface area (Å²) in [6.07, 6.45) is 2.02. The Morgan fingerprint density at radius 2 is 2.12 bits per heavy atom. The standard InChI is InChI=1S/C15H18N2O5S2/c1-24(20,21)22-5-4-10-7-11(15(19)16-10)9-2-3-13-12(6-9)17-14(18)8-23-13/h2-3,6,10-11H,4-5,7-8H2,1H3,(H,16,19)(H,17,18). The molecule has 2 heterocycles. The van der Waals surface area contributed by atoms with Gasteiger partial charge in [-0.25, -0.2) is 0 Å². The van der Waals surface area contributed by atoms with E-state index in [1.165, 1.54) is 11.8 Å². The molecule has 7 nitrogen and oxygen atoms in total. The third-order valence-electron chi connectivity index (χ3n) is 3.99. The summed E-state index contributed by atoms with van der Waals surface area (Å²) in [7, 11) is -3.47. The predicted octanol–water partition coefficient (Wildman–Crippen LogP) is 1.07. The van der Waals surface area contributed by atoms with E-state index in [-0.39, 0.29) is 30.4 Å². The SMILES string of the molecule is CS(=O)(=O)OCCC1CC(c2ccc3c(c2)NC(=O)CS3)C(=O)N1. The minimum Gasteiger partial charge on any atom is -0.353 e. The van der Waals surface area contributed by atoms with E-state index in [0.717, 1.165) is 22.4 Å². The maximum Gasteiger partial charge on any atom is 0.264 e. The number of anilines is 1. The van der Waals surface area contributed by atoms with Gasteiger partial charge in [-0.1, -0.05) is 6.07 Å². The molecule has 1 saturated heterocycles. The zero-order chi connectivity index (χ0) is 17.3. The molecule has 2 N–H and O–H groups in total. The van der Waals surface area contributed by atoms with E-state index in [9.17, 15) is 18.0 Å². The minimum absolute atomic E-state index is 0.0451. The summed E-state index contributed by atoms with van der Waals surface area (Å²) in [6.45, 7) is 0.0490. The maximum atomic E-state index is 12.2. The van der Waals surface area contributed by atoms with Crippen molar-refractivity contribution in [1.82, 2.24) is 5.32 Å². The Kier molecular flexibility index (Phi) is 4.84. The van der Waals surface area contributed by atoms with Crippen LogP contribution in [0, 0.1) is 0 Å².